The Morgan fingerprint density at radius 2 is 2.22 bits per heavy atom. The van der Waals surface area contributed by atoms with Crippen LogP contribution in [-0.2, 0) is 4.74 Å². The first-order valence-corrected chi connectivity index (χ1v) is 5.33. The van der Waals surface area contributed by atoms with Gasteiger partial charge in [0, 0.05) is 17.5 Å². The van der Waals surface area contributed by atoms with E-state index in [1.165, 1.54) is 18.2 Å². The normalized spacial score (nSPS) is 18.3. The minimum absolute atomic E-state index is 0. The summed E-state index contributed by atoms with van der Waals surface area (Å²) < 4.78 is 4.71. The highest BCUT2D eigenvalue weighted by Gasteiger charge is 2.27. The smallest absolute Gasteiger partial charge is 0.407 e. The minimum atomic E-state index is -0.574. The lowest BCUT2D eigenvalue weighted by Crippen LogP contribution is -2.35. The fraction of sp³-hybridized carbons (Fsp3) is 0.300. The zero-order valence-corrected chi connectivity index (χ0v) is 10.7. The number of hydrogen-bond donors (Lipinski definition) is 1. The van der Waals surface area contributed by atoms with Gasteiger partial charge in [-0.25, -0.2) is 4.79 Å². The lowest BCUT2D eigenvalue weighted by atomic mass is 10.0. The van der Waals surface area contributed by atoms with Gasteiger partial charge in [0.15, 0.2) is 0 Å². The van der Waals surface area contributed by atoms with Crippen LogP contribution in [0.2, 0.25) is 5.02 Å². The summed E-state index contributed by atoms with van der Waals surface area (Å²) in [4.78, 5) is 21.5. The van der Waals surface area contributed by atoms with Crippen LogP contribution < -0.4 is 5.32 Å². The summed E-state index contributed by atoms with van der Waals surface area (Å²) in [6, 6.07) is 3.84. The Hall–Kier alpha value is -1.53. The molecule has 0 unspecified atom stereocenters. The summed E-state index contributed by atoms with van der Waals surface area (Å²) in [7, 11) is 0. The Labute approximate surface area is 114 Å². The Balaban J connectivity index is 0.00000162. The van der Waals surface area contributed by atoms with Crippen LogP contribution in [0.4, 0.5) is 10.5 Å². The molecule has 18 heavy (non-hydrogen) atoms. The SMILES string of the molecule is Cl.O=C1N[C@H](c2cc(Cl)ccc2[N+](=O)[O-])CCO1. The molecular formula is C10H10Cl2N2O4. The molecule has 8 heteroatoms. The van der Waals surface area contributed by atoms with Crippen molar-refractivity contribution in [2.75, 3.05) is 6.61 Å². The van der Waals surface area contributed by atoms with Crippen molar-refractivity contribution in [1.29, 1.82) is 0 Å². The van der Waals surface area contributed by atoms with Gasteiger partial charge in [-0.05, 0) is 12.1 Å². The van der Waals surface area contributed by atoms with Gasteiger partial charge in [0.05, 0.1) is 23.1 Å². The molecule has 98 valence electrons. The second kappa shape index (κ2) is 5.88. The molecule has 6 nitrogen and oxygen atoms in total. The number of nitro benzene ring substituents is 1. The lowest BCUT2D eigenvalue weighted by Gasteiger charge is -2.23. The van der Waals surface area contributed by atoms with Gasteiger partial charge in [-0.2, -0.15) is 0 Å². The predicted octanol–water partition coefficient (Wildman–Crippen LogP) is 2.84. The van der Waals surface area contributed by atoms with Gasteiger partial charge >= 0.3 is 6.09 Å². The number of ether oxygens (including phenoxy) is 1. The van der Waals surface area contributed by atoms with E-state index in [0.717, 1.165) is 0 Å². The van der Waals surface area contributed by atoms with Gasteiger partial charge in [-0.3, -0.25) is 10.1 Å². The summed E-state index contributed by atoms with van der Waals surface area (Å²) in [6.07, 6.45) is -0.0945. The summed E-state index contributed by atoms with van der Waals surface area (Å²) in [5.74, 6) is 0. The first-order chi connectivity index (χ1) is 8.08. The standard InChI is InChI=1S/C10H9ClN2O4.ClH/c11-6-1-2-9(13(15)16)7(5-6)8-3-4-17-10(14)12-8;/h1-2,5,8H,3-4H2,(H,12,14);1H/t8-;/m0./s1. The van der Waals surface area contributed by atoms with Crippen molar-refractivity contribution < 1.29 is 14.5 Å². The van der Waals surface area contributed by atoms with Crippen molar-refractivity contribution in [1.82, 2.24) is 5.32 Å². The number of amides is 1. The number of nitro groups is 1. The fourth-order valence-electron chi connectivity index (χ4n) is 1.73. The molecule has 0 aliphatic carbocycles. The first kappa shape index (κ1) is 14.5. The number of nitrogens with one attached hydrogen (secondary N) is 1. The van der Waals surface area contributed by atoms with E-state index in [-0.39, 0.29) is 24.7 Å². The van der Waals surface area contributed by atoms with Crippen LogP contribution in [-0.4, -0.2) is 17.6 Å². The number of carbonyl (C=O) groups excluding carboxylic acids is 1. The number of alkyl carbamates (subject to hydrolysis) is 1. The van der Waals surface area contributed by atoms with Gasteiger partial charge in [0.2, 0.25) is 0 Å². The van der Waals surface area contributed by atoms with Gasteiger partial charge in [-0.1, -0.05) is 11.6 Å². The summed E-state index contributed by atoms with van der Waals surface area (Å²) >= 11 is 5.81. The van der Waals surface area contributed by atoms with Gasteiger partial charge in [0.1, 0.15) is 0 Å². The van der Waals surface area contributed by atoms with E-state index < -0.39 is 17.1 Å². The number of rotatable bonds is 2. The summed E-state index contributed by atoms with van der Waals surface area (Å²) in [6.45, 7) is 0.236. The van der Waals surface area contributed by atoms with Crippen LogP contribution in [0.3, 0.4) is 0 Å². The number of halogens is 2. The molecule has 0 saturated carbocycles. The van der Waals surface area contributed by atoms with E-state index in [0.29, 0.717) is 17.0 Å². The van der Waals surface area contributed by atoms with Crippen molar-refractivity contribution in [3.05, 3.63) is 38.9 Å². The highest BCUT2D eigenvalue weighted by Crippen LogP contribution is 2.31. The lowest BCUT2D eigenvalue weighted by molar-refractivity contribution is -0.385. The highest BCUT2D eigenvalue weighted by molar-refractivity contribution is 6.30. The molecule has 1 aliphatic heterocycles. The van der Waals surface area contributed by atoms with Crippen molar-refractivity contribution in [2.24, 2.45) is 0 Å². The largest absolute Gasteiger partial charge is 0.449 e. The summed E-state index contributed by atoms with van der Waals surface area (Å²) in [5, 5.41) is 13.8. The molecule has 0 radical (unpaired) electrons. The molecule has 1 amide bonds. The number of hydrogen-bond acceptors (Lipinski definition) is 4. The average molecular weight is 293 g/mol. The van der Waals surface area contributed by atoms with Gasteiger partial charge < -0.3 is 10.1 Å². The van der Waals surface area contributed by atoms with Crippen LogP contribution in [0, 0.1) is 10.1 Å². The van der Waals surface area contributed by atoms with E-state index >= 15 is 0 Å². The van der Waals surface area contributed by atoms with Crippen LogP contribution in [0.15, 0.2) is 18.2 Å². The Morgan fingerprint density at radius 3 is 2.83 bits per heavy atom. The Bertz CT molecular complexity index is 481. The van der Waals surface area contributed by atoms with Crippen LogP contribution in [0.25, 0.3) is 0 Å². The number of carbonyl (C=O) groups is 1. The molecule has 0 bridgehead atoms. The molecule has 0 aromatic heterocycles. The molecule has 1 aromatic carbocycles. The molecule has 1 N–H and O–H groups in total. The number of nitrogens with zero attached hydrogens (tertiary/aromatic N) is 1. The fourth-order valence-corrected chi connectivity index (χ4v) is 1.91. The maximum absolute atomic E-state index is 11.1. The van der Waals surface area contributed by atoms with E-state index in [1.54, 1.807) is 0 Å². The predicted molar refractivity (Wildman–Crippen MR) is 67.2 cm³/mol. The third kappa shape index (κ3) is 3.02. The zero-order chi connectivity index (χ0) is 12.4. The maximum Gasteiger partial charge on any atom is 0.407 e. The average Bonchev–Trinajstić information content (AvgIpc) is 2.28. The van der Waals surface area contributed by atoms with Crippen molar-refractivity contribution in [3.8, 4) is 0 Å². The highest BCUT2D eigenvalue weighted by atomic mass is 35.5. The monoisotopic (exact) mass is 292 g/mol. The number of benzene rings is 1. The summed E-state index contributed by atoms with van der Waals surface area (Å²) in [5.41, 5.74) is 0.348. The molecule has 0 spiro atoms. The van der Waals surface area contributed by atoms with Crippen molar-refractivity contribution in [2.45, 2.75) is 12.5 Å². The Kier molecular flexibility index (Phi) is 4.75. The molecule has 1 aromatic rings. The second-order valence-electron chi connectivity index (χ2n) is 3.58. The van der Waals surface area contributed by atoms with Crippen LogP contribution >= 0.6 is 24.0 Å². The van der Waals surface area contributed by atoms with E-state index in [9.17, 15) is 14.9 Å². The molecule has 1 fully saturated rings. The molecular weight excluding hydrogens is 283 g/mol. The first-order valence-electron chi connectivity index (χ1n) is 4.95. The quantitative estimate of drug-likeness (QED) is 0.671. The van der Waals surface area contributed by atoms with Crippen molar-refractivity contribution >= 4 is 35.8 Å². The maximum atomic E-state index is 11.1. The molecule has 1 heterocycles. The van der Waals surface area contributed by atoms with Gasteiger partial charge in [-0.15, -0.1) is 12.4 Å². The number of cyclic esters (lactones) is 1. The molecule has 2 rings (SSSR count). The topological polar surface area (TPSA) is 81.5 Å². The van der Waals surface area contributed by atoms with Crippen LogP contribution in [0.5, 0.6) is 0 Å². The molecule has 1 saturated heterocycles. The van der Waals surface area contributed by atoms with E-state index in [2.05, 4.69) is 5.32 Å². The zero-order valence-electron chi connectivity index (χ0n) is 9.09. The molecule has 1 aliphatic rings. The Morgan fingerprint density at radius 1 is 1.50 bits per heavy atom. The van der Waals surface area contributed by atoms with Gasteiger partial charge in [0.25, 0.3) is 5.69 Å². The van der Waals surface area contributed by atoms with E-state index in [1.807, 2.05) is 0 Å². The second-order valence-corrected chi connectivity index (χ2v) is 4.02. The van der Waals surface area contributed by atoms with Crippen LogP contribution in [0.1, 0.15) is 18.0 Å². The third-order valence-electron chi connectivity index (χ3n) is 2.49. The third-order valence-corrected chi connectivity index (χ3v) is 2.73. The van der Waals surface area contributed by atoms with E-state index in [4.69, 9.17) is 16.3 Å². The van der Waals surface area contributed by atoms with Crippen molar-refractivity contribution in [3.63, 3.8) is 0 Å². The molecule has 1 atom stereocenters. The minimum Gasteiger partial charge on any atom is -0.449 e.